The van der Waals surface area contributed by atoms with Crippen LogP contribution in [0.2, 0.25) is 0 Å². The first-order chi connectivity index (χ1) is 7.84. The SMILES string of the molecule is Nc1ccc(CCNCC2CCCO2)cc1. The van der Waals surface area contributed by atoms with Gasteiger partial charge in [0.1, 0.15) is 0 Å². The number of nitrogen functional groups attached to an aromatic ring is 1. The Balaban J connectivity index is 1.62. The van der Waals surface area contributed by atoms with Gasteiger partial charge in [0.15, 0.2) is 0 Å². The third kappa shape index (κ3) is 3.51. The molecule has 0 aliphatic carbocycles. The van der Waals surface area contributed by atoms with Gasteiger partial charge in [0.2, 0.25) is 0 Å². The van der Waals surface area contributed by atoms with Crippen LogP contribution in [0.4, 0.5) is 5.69 Å². The lowest BCUT2D eigenvalue weighted by Gasteiger charge is -2.10. The average Bonchev–Trinajstić information content (AvgIpc) is 2.80. The Hall–Kier alpha value is -1.06. The maximum atomic E-state index is 5.63. The van der Waals surface area contributed by atoms with Gasteiger partial charge in [-0.1, -0.05) is 12.1 Å². The van der Waals surface area contributed by atoms with Crippen LogP contribution in [0.25, 0.3) is 0 Å². The number of nitrogens with one attached hydrogen (secondary N) is 1. The van der Waals surface area contributed by atoms with E-state index in [9.17, 15) is 0 Å². The summed E-state index contributed by atoms with van der Waals surface area (Å²) in [4.78, 5) is 0. The topological polar surface area (TPSA) is 47.3 Å². The van der Waals surface area contributed by atoms with Crippen LogP contribution in [0.15, 0.2) is 24.3 Å². The molecule has 1 aromatic carbocycles. The molecule has 0 aromatic heterocycles. The lowest BCUT2D eigenvalue weighted by Crippen LogP contribution is -2.27. The van der Waals surface area contributed by atoms with Gasteiger partial charge in [0.25, 0.3) is 0 Å². The lowest BCUT2D eigenvalue weighted by atomic mass is 10.1. The zero-order chi connectivity index (χ0) is 11.2. The van der Waals surface area contributed by atoms with E-state index in [0.29, 0.717) is 6.10 Å². The van der Waals surface area contributed by atoms with Crippen LogP contribution in [0.5, 0.6) is 0 Å². The average molecular weight is 220 g/mol. The molecule has 16 heavy (non-hydrogen) atoms. The molecule has 0 radical (unpaired) electrons. The number of anilines is 1. The number of ether oxygens (including phenoxy) is 1. The van der Waals surface area contributed by atoms with Crippen molar-refractivity contribution in [2.24, 2.45) is 0 Å². The Labute approximate surface area is 97.0 Å². The Morgan fingerprint density at radius 1 is 1.31 bits per heavy atom. The van der Waals surface area contributed by atoms with Crippen molar-refractivity contribution in [1.82, 2.24) is 5.32 Å². The highest BCUT2D eigenvalue weighted by atomic mass is 16.5. The molecule has 1 aliphatic heterocycles. The number of rotatable bonds is 5. The predicted octanol–water partition coefficient (Wildman–Crippen LogP) is 1.58. The van der Waals surface area contributed by atoms with Crippen LogP contribution in [-0.4, -0.2) is 25.8 Å². The van der Waals surface area contributed by atoms with Gasteiger partial charge < -0.3 is 15.8 Å². The molecule has 3 nitrogen and oxygen atoms in total. The van der Waals surface area contributed by atoms with Crippen molar-refractivity contribution < 1.29 is 4.74 Å². The zero-order valence-electron chi connectivity index (χ0n) is 9.61. The summed E-state index contributed by atoms with van der Waals surface area (Å²) >= 11 is 0. The van der Waals surface area contributed by atoms with Crippen molar-refractivity contribution in [2.45, 2.75) is 25.4 Å². The van der Waals surface area contributed by atoms with Gasteiger partial charge in [-0.2, -0.15) is 0 Å². The van der Waals surface area contributed by atoms with Crippen LogP contribution in [0.3, 0.4) is 0 Å². The van der Waals surface area contributed by atoms with Crippen molar-refractivity contribution in [1.29, 1.82) is 0 Å². The first kappa shape index (κ1) is 11.4. The van der Waals surface area contributed by atoms with Crippen LogP contribution >= 0.6 is 0 Å². The second-order valence-corrected chi connectivity index (χ2v) is 4.33. The van der Waals surface area contributed by atoms with E-state index in [0.717, 1.165) is 31.8 Å². The van der Waals surface area contributed by atoms with Crippen LogP contribution in [0, 0.1) is 0 Å². The summed E-state index contributed by atoms with van der Waals surface area (Å²) in [7, 11) is 0. The summed E-state index contributed by atoms with van der Waals surface area (Å²) in [5, 5.41) is 3.43. The highest BCUT2D eigenvalue weighted by Crippen LogP contribution is 2.10. The summed E-state index contributed by atoms with van der Waals surface area (Å²) in [5.41, 5.74) is 7.79. The fourth-order valence-corrected chi connectivity index (χ4v) is 1.99. The second kappa shape index (κ2) is 5.87. The molecule has 1 aliphatic rings. The van der Waals surface area contributed by atoms with Crippen molar-refractivity contribution in [3.8, 4) is 0 Å². The Morgan fingerprint density at radius 2 is 2.12 bits per heavy atom. The number of hydrogen-bond acceptors (Lipinski definition) is 3. The van der Waals surface area contributed by atoms with Crippen LogP contribution in [-0.2, 0) is 11.2 Å². The number of benzene rings is 1. The van der Waals surface area contributed by atoms with Gasteiger partial charge in [-0.15, -0.1) is 0 Å². The standard InChI is InChI=1S/C13H20N2O/c14-12-5-3-11(4-6-12)7-8-15-10-13-2-1-9-16-13/h3-6,13,15H,1-2,7-10,14H2. The first-order valence-electron chi connectivity index (χ1n) is 6.01. The van der Waals surface area contributed by atoms with E-state index in [2.05, 4.69) is 17.4 Å². The fraction of sp³-hybridized carbons (Fsp3) is 0.538. The summed E-state index contributed by atoms with van der Waals surface area (Å²) in [6, 6.07) is 8.08. The minimum atomic E-state index is 0.436. The molecule has 1 fully saturated rings. The molecule has 0 amide bonds. The smallest absolute Gasteiger partial charge is 0.0700 e. The van der Waals surface area contributed by atoms with E-state index >= 15 is 0 Å². The monoisotopic (exact) mass is 220 g/mol. The summed E-state index contributed by atoms with van der Waals surface area (Å²) in [6.45, 7) is 2.92. The van der Waals surface area contributed by atoms with Gasteiger partial charge in [-0.25, -0.2) is 0 Å². The summed E-state index contributed by atoms with van der Waals surface area (Å²) in [5.74, 6) is 0. The van der Waals surface area contributed by atoms with E-state index in [1.807, 2.05) is 12.1 Å². The highest BCUT2D eigenvalue weighted by molar-refractivity contribution is 5.39. The van der Waals surface area contributed by atoms with Gasteiger partial charge in [-0.05, 0) is 43.5 Å². The molecule has 2 rings (SSSR count). The minimum absolute atomic E-state index is 0.436. The largest absolute Gasteiger partial charge is 0.399 e. The molecule has 0 bridgehead atoms. The van der Waals surface area contributed by atoms with Gasteiger partial charge in [0, 0.05) is 18.8 Å². The van der Waals surface area contributed by atoms with Crippen molar-refractivity contribution in [3.63, 3.8) is 0 Å². The zero-order valence-corrected chi connectivity index (χ0v) is 9.61. The molecule has 1 aromatic rings. The van der Waals surface area contributed by atoms with E-state index in [4.69, 9.17) is 10.5 Å². The molecule has 1 saturated heterocycles. The van der Waals surface area contributed by atoms with Gasteiger partial charge >= 0.3 is 0 Å². The minimum Gasteiger partial charge on any atom is -0.399 e. The third-order valence-electron chi connectivity index (χ3n) is 2.97. The van der Waals surface area contributed by atoms with Crippen LogP contribution < -0.4 is 11.1 Å². The third-order valence-corrected chi connectivity index (χ3v) is 2.97. The quantitative estimate of drug-likeness (QED) is 0.585. The Morgan fingerprint density at radius 3 is 2.81 bits per heavy atom. The van der Waals surface area contributed by atoms with Crippen molar-refractivity contribution in [3.05, 3.63) is 29.8 Å². The molecular weight excluding hydrogens is 200 g/mol. The van der Waals surface area contributed by atoms with E-state index in [1.54, 1.807) is 0 Å². The Bertz CT molecular complexity index is 304. The van der Waals surface area contributed by atoms with Gasteiger partial charge in [-0.3, -0.25) is 0 Å². The van der Waals surface area contributed by atoms with Crippen molar-refractivity contribution in [2.75, 3.05) is 25.4 Å². The summed E-state index contributed by atoms with van der Waals surface area (Å²) < 4.78 is 5.54. The van der Waals surface area contributed by atoms with Gasteiger partial charge in [0.05, 0.1) is 6.10 Å². The van der Waals surface area contributed by atoms with E-state index < -0.39 is 0 Å². The van der Waals surface area contributed by atoms with Crippen LogP contribution in [0.1, 0.15) is 18.4 Å². The molecule has 88 valence electrons. The maximum Gasteiger partial charge on any atom is 0.0700 e. The lowest BCUT2D eigenvalue weighted by molar-refractivity contribution is 0.110. The summed E-state index contributed by atoms with van der Waals surface area (Å²) in [6.07, 6.45) is 3.90. The highest BCUT2D eigenvalue weighted by Gasteiger charge is 2.13. The fourth-order valence-electron chi connectivity index (χ4n) is 1.99. The molecule has 0 spiro atoms. The van der Waals surface area contributed by atoms with E-state index in [-0.39, 0.29) is 0 Å². The maximum absolute atomic E-state index is 5.63. The van der Waals surface area contributed by atoms with Crippen molar-refractivity contribution >= 4 is 5.69 Å². The second-order valence-electron chi connectivity index (χ2n) is 4.33. The number of hydrogen-bond donors (Lipinski definition) is 2. The molecular formula is C13H20N2O. The molecule has 3 heteroatoms. The normalized spacial score (nSPS) is 20.1. The Kier molecular flexibility index (Phi) is 4.19. The molecule has 1 heterocycles. The molecule has 0 saturated carbocycles. The number of nitrogens with two attached hydrogens (primary N) is 1. The molecule has 1 unspecified atom stereocenters. The molecule has 1 atom stereocenters. The molecule has 3 N–H and O–H groups in total. The first-order valence-corrected chi connectivity index (χ1v) is 6.01. The predicted molar refractivity (Wildman–Crippen MR) is 66.4 cm³/mol. The van der Waals surface area contributed by atoms with E-state index in [1.165, 1.54) is 18.4 Å².